The predicted octanol–water partition coefficient (Wildman–Crippen LogP) is 4.96. The predicted molar refractivity (Wildman–Crippen MR) is 122 cm³/mol. The van der Waals surface area contributed by atoms with Gasteiger partial charge < -0.3 is 14.5 Å². The Kier molecular flexibility index (Phi) is 6.83. The van der Waals surface area contributed by atoms with Crippen molar-refractivity contribution in [2.45, 2.75) is 11.0 Å². The van der Waals surface area contributed by atoms with Crippen molar-refractivity contribution in [2.75, 3.05) is 11.9 Å². The summed E-state index contributed by atoms with van der Waals surface area (Å²) in [6.45, 7) is -0.681. The van der Waals surface area contributed by atoms with Crippen LogP contribution in [0.15, 0.2) is 76.4 Å². The first-order valence-electron chi connectivity index (χ1n) is 9.88. The summed E-state index contributed by atoms with van der Waals surface area (Å²) >= 11 is 1.30. The van der Waals surface area contributed by atoms with Gasteiger partial charge in [0.1, 0.15) is 17.0 Å². The molecule has 1 heterocycles. The SMILES string of the molecule is O=C(COC(=O)c1ccccc1CSc1nc2ccccc2o1)Nc1ccc(F)cc1[N+](=O)[O-]. The van der Waals surface area contributed by atoms with Crippen LogP contribution in [0.5, 0.6) is 0 Å². The molecule has 0 aliphatic rings. The Labute approximate surface area is 196 Å². The van der Waals surface area contributed by atoms with Crippen molar-refractivity contribution in [3.05, 3.63) is 93.8 Å². The number of rotatable bonds is 8. The fraction of sp³-hybridized carbons (Fsp3) is 0.0870. The number of thioether (sulfide) groups is 1. The van der Waals surface area contributed by atoms with Gasteiger partial charge in [-0.05, 0) is 35.9 Å². The Morgan fingerprint density at radius 3 is 2.68 bits per heavy atom. The van der Waals surface area contributed by atoms with Crippen molar-refractivity contribution >= 4 is 46.1 Å². The van der Waals surface area contributed by atoms with Gasteiger partial charge in [0.2, 0.25) is 0 Å². The zero-order valence-electron chi connectivity index (χ0n) is 17.4. The molecule has 0 atom stereocenters. The van der Waals surface area contributed by atoms with E-state index in [4.69, 9.17) is 9.15 Å². The molecule has 11 heteroatoms. The number of halogens is 1. The number of oxazole rings is 1. The minimum Gasteiger partial charge on any atom is -0.452 e. The first-order valence-corrected chi connectivity index (χ1v) is 10.9. The molecule has 0 bridgehead atoms. The van der Waals surface area contributed by atoms with Crippen LogP contribution in [0, 0.1) is 15.9 Å². The summed E-state index contributed by atoms with van der Waals surface area (Å²) in [4.78, 5) is 39.4. The zero-order chi connectivity index (χ0) is 24.1. The van der Waals surface area contributed by atoms with Crippen molar-refractivity contribution < 1.29 is 28.1 Å². The van der Waals surface area contributed by atoms with Gasteiger partial charge in [0.05, 0.1) is 16.6 Å². The van der Waals surface area contributed by atoms with Gasteiger partial charge in [-0.1, -0.05) is 42.1 Å². The maximum atomic E-state index is 13.3. The van der Waals surface area contributed by atoms with Crippen molar-refractivity contribution in [1.82, 2.24) is 4.98 Å². The van der Waals surface area contributed by atoms with Gasteiger partial charge in [-0.2, -0.15) is 0 Å². The molecule has 0 radical (unpaired) electrons. The average Bonchev–Trinajstić information content (AvgIpc) is 3.25. The molecule has 0 saturated carbocycles. The van der Waals surface area contributed by atoms with Crippen LogP contribution in [-0.2, 0) is 15.3 Å². The minimum absolute atomic E-state index is 0.206. The van der Waals surface area contributed by atoms with Gasteiger partial charge in [-0.15, -0.1) is 0 Å². The van der Waals surface area contributed by atoms with Gasteiger partial charge in [0.25, 0.3) is 16.8 Å². The van der Waals surface area contributed by atoms with E-state index in [-0.39, 0.29) is 11.3 Å². The fourth-order valence-corrected chi connectivity index (χ4v) is 3.90. The van der Waals surface area contributed by atoms with Crippen LogP contribution < -0.4 is 5.32 Å². The number of hydrogen-bond acceptors (Lipinski definition) is 8. The Morgan fingerprint density at radius 2 is 1.88 bits per heavy atom. The Bertz CT molecular complexity index is 1360. The molecular weight excluding hydrogens is 465 g/mol. The summed E-state index contributed by atoms with van der Waals surface area (Å²) in [6, 6.07) is 16.8. The summed E-state index contributed by atoms with van der Waals surface area (Å²) < 4.78 is 24.0. The number of fused-ring (bicyclic) bond motifs is 1. The van der Waals surface area contributed by atoms with Crippen molar-refractivity contribution in [3.8, 4) is 0 Å². The third kappa shape index (κ3) is 5.38. The lowest BCUT2D eigenvalue weighted by atomic mass is 10.1. The number of nitro benzene ring substituents is 1. The number of nitro groups is 1. The molecule has 0 unspecified atom stereocenters. The number of aromatic nitrogens is 1. The second-order valence-corrected chi connectivity index (χ2v) is 7.86. The maximum Gasteiger partial charge on any atom is 0.338 e. The van der Waals surface area contributed by atoms with Gasteiger partial charge in [0.15, 0.2) is 12.2 Å². The molecule has 0 saturated heterocycles. The third-order valence-electron chi connectivity index (χ3n) is 4.63. The molecule has 4 rings (SSSR count). The van der Waals surface area contributed by atoms with Crippen LogP contribution >= 0.6 is 11.8 Å². The number of para-hydroxylation sites is 2. The van der Waals surface area contributed by atoms with Crippen molar-refractivity contribution in [3.63, 3.8) is 0 Å². The van der Waals surface area contributed by atoms with E-state index in [1.807, 2.05) is 24.3 Å². The molecule has 172 valence electrons. The third-order valence-corrected chi connectivity index (χ3v) is 5.50. The molecule has 1 N–H and O–H groups in total. The van der Waals surface area contributed by atoms with E-state index in [1.165, 1.54) is 11.8 Å². The molecule has 3 aromatic carbocycles. The number of ether oxygens (including phenoxy) is 1. The highest BCUT2D eigenvalue weighted by atomic mass is 32.2. The fourth-order valence-electron chi connectivity index (χ4n) is 3.05. The molecule has 0 fully saturated rings. The van der Waals surface area contributed by atoms with Crippen LogP contribution in [0.3, 0.4) is 0 Å². The normalized spacial score (nSPS) is 10.7. The van der Waals surface area contributed by atoms with E-state index in [9.17, 15) is 24.1 Å². The molecule has 34 heavy (non-hydrogen) atoms. The van der Waals surface area contributed by atoms with Crippen LogP contribution in [-0.4, -0.2) is 28.4 Å². The Hall–Kier alpha value is -4.25. The number of hydrogen-bond donors (Lipinski definition) is 1. The lowest BCUT2D eigenvalue weighted by molar-refractivity contribution is -0.384. The van der Waals surface area contributed by atoms with E-state index >= 15 is 0 Å². The minimum atomic E-state index is -0.824. The molecule has 9 nitrogen and oxygen atoms in total. The molecular formula is C23H16FN3O6S. The van der Waals surface area contributed by atoms with Gasteiger partial charge in [-0.3, -0.25) is 14.9 Å². The topological polar surface area (TPSA) is 125 Å². The number of nitrogens with one attached hydrogen (secondary N) is 1. The summed E-state index contributed by atoms with van der Waals surface area (Å²) in [5.41, 5.74) is 1.47. The van der Waals surface area contributed by atoms with Crippen LogP contribution in [0.1, 0.15) is 15.9 Å². The monoisotopic (exact) mass is 481 g/mol. The molecule has 0 aliphatic carbocycles. The summed E-state index contributed by atoms with van der Waals surface area (Å²) in [5.74, 6) is -1.99. The summed E-state index contributed by atoms with van der Waals surface area (Å²) in [7, 11) is 0. The average molecular weight is 481 g/mol. The smallest absolute Gasteiger partial charge is 0.338 e. The molecule has 1 aromatic heterocycles. The number of carbonyl (C=O) groups excluding carboxylic acids is 2. The standard InChI is InChI=1S/C23H16FN3O6S/c24-15-9-10-17(19(11-15)27(30)31)25-21(28)12-32-22(29)16-6-2-1-5-14(16)13-34-23-26-18-7-3-4-8-20(18)33-23/h1-11H,12-13H2,(H,25,28). The molecule has 1 amide bonds. The van der Waals surface area contributed by atoms with E-state index in [0.29, 0.717) is 28.2 Å². The lowest BCUT2D eigenvalue weighted by Crippen LogP contribution is -2.22. The largest absolute Gasteiger partial charge is 0.452 e. The number of carbonyl (C=O) groups is 2. The highest BCUT2D eigenvalue weighted by molar-refractivity contribution is 7.98. The van der Waals surface area contributed by atoms with Gasteiger partial charge in [0, 0.05) is 5.75 Å². The summed E-state index contributed by atoms with van der Waals surface area (Å²) in [6.07, 6.45) is 0. The Balaban J connectivity index is 1.38. The number of benzene rings is 3. The lowest BCUT2D eigenvalue weighted by Gasteiger charge is -2.09. The van der Waals surface area contributed by atoms with Crippen LogP contribution in [0.25, 0.3) is 11.1 Å². The second-order valence-electron chi connectivity index (χ2n) is 6.94. The quantitative estimate of drug-likeness (QED) is 0.162. The van der Waals surface area contributed by atoms with E-state index in [2.05, 4.69) is 10.3 Å². The summed E-state index contributed by atoms with van der Waals surface area (Å²) in [5, 5.41) is 13.7. The maximum absolute atomic E-state index is 13.3. The van der Waals surface area contributed by atoms with Crippen molar-refractivity contribution in [2.24, 2.45) is 0 Å². The zero-order valence-corrected chi connectivity index (χ0v) is 18.2. The van der Waals surface area contributed by atoms with E-state index in [0.717, 1.165) is 17.6 Å². The number of amides is 1. The highest BCUT2D eigenvalue weighted by Crippen LogP contribution is 2.28. The molecule has 0 spiro atoms. The number of esters is 1. The van der Waals surface area contributed by atoms with Crippen molar-refractivity contribution in [1.29, 1.82) is 0 Å². The first kappa shape index (κ1) is 22.9. The number of anilines is 1. The molecule has 4 aromatic rings. The van der Waals surface area contributed by atoms with Gasteiger partial charge >= 0.3 is 5.97 Å². The number of nitrogens with zero attached hydrogens (tertiary/aromatic N) is 2. The van der Waals surface area contributed by atoms with E-state index < -0.39 is 34.9 Å². The van der Waals surface area contributed by atoms with Crippen LogP contribution in [0.4, 0.5) is 15.8 Å². The Morgan fingerprint density at radius 1 is 1.12 bits per heavy atom. The molecule has 0 aliphatic heterocycles. The van der Waals surface area contributed by atoms with Gasteiger partial charge in [-0.25, -0.2) is 14.2 Å². The first-order chi connectivity index (χ1) is 16.4. The highest BCUT2D eigenvalue weighted by Gasteiger charge is 2.19. The van der Waals surface area contributed by atoms with E-state index in [1.54, 1.807) is 24.3 Å². The van der Waals surface area contributed by atoms with Crippen LogP contribution in [0.2, 0.25) is 0 Å². The second kappa shape index (κ2) is 10.1.